The number of nitrogens with zero attached hydrogens (tertiary/aromatic N) is 7. The van der Waals surface area contributed by atoms with Crippen LogP contribution in [0.4, 0.5) is 5.82 Å². The smallest absolute Gasteiger partial charge is 0.388 e. The number of hydrogen-bond donors (Lipinski definition) is 5. The molecule has 3 saturated heterocycles. The molecular formula is C24H27N9O11P2S. The van der Waals surface area contributed by atoms with Gasteiger partial charge in [-0.15, -0.1) is 0 Å². The molecule has 4 aromatic rings. The number of nitrogen functional groups attached to an aromatic ring is 1. The van der Waals surface area contributed by atoms with Crippen molar-refractivity contribution in [1.82, 2.24) is 39.0 Å². The molecular weight excluding hydrogens is 684 g/mol. The normalized spacial score (nSPS) is 42.9. The van der Waals surface area contributed by atoms with Crippen LogP contribution in [0.2, 0.25) is 0 Å². The molecule has 7 heterocycles. The Kier molecular flexibility index (Phi) is 6.36. The lowest BCUT2D eigenvalue weighted by atomic mass is 10.0. The summed E-state index contributed by atoms with van der Waals surface area (Å²) in [7, 11) is -4.92. The Hall–Kier alpha value is -2.81. The van der Waals surface area contributed by atoms with Crippen molar-refractivity contribution in [3.05, 3.63) is 35.2 Å². The van der Waals surface area contributed by atoms with Crippen LogP contribution in [0.15, 0.2) is 23.8 Å². The van der Waals surface area contributed by atoms with Crippen LogP contribution in [-0.4, -0.2) is 98.9 Å². The maximum atomic E-state index is 13.8. The molecule has 4 aromatic heterocycles. The fraction of sp³-hybridized carbons (Fsp3) is 0.583. The first-order valence-corrected chi connectivity index (χ1v) is 18.7. The second-order valence-electron chi connectivity index (χ2n) is 12.5. The number of phosphoric acid groups is 1. The highest BCUT2D eigenvalue weighted by Gasteiger charge is 2.74. The number of aromatic amines is 1. The minimum absolute atomic E-state index is 0.0611. The van der Waals surface area contributed by atoms with E-state index >= 15 is 0 Å². The summed E-state index contributed by atoms with van der Waals surface area (Å²) in [5, 5.41) is 11.6. The third-order valence-electron chi connectivity index (χ3n) is 9.79. The number of H-pyrrole nitrogens is 1. The van der Waals surface area contributed by atoms with Crippen molar-refractivity contribution >= 4 is 55.0 Å². The van der Waals surface area contributed by atoms with Crippen LogP contribution in [0.25, 0.3) is 22.3 Å². The molecule has 47 heavy (non-hydrogen) atoms. The summed E-state index contributed by atoms with van der Waals surface area (Å²) in [5.41, 5.74) is 3.73. The van der Waals surface area contributed by atoms with Gasteiger partial charge in [0, 0.05) is 5.41 Å². The predicted molar refractivity (Wildman–Crippen MR) is 159 cm³/mol. The van der Waals surface area contributed by atoms with Gasteiger partial charge in [0.25, 0.3) is 5.56 Å². The van der Waals surface area contributed by atoms with Crippen molar-refractivity contribution in [3.8, 4) is 0 Å². The Morgan fingerprint density at radius 2 is 1.83 bits per heavy atom. The monoisotopic (exact) mass is 711 g/mol. The number of rotatable bonds is 2. The number of ether oxygens (including phenoxy) is 2. The van der Waals surface area contributed by atoms with Crippen LogP contribution in [0.5, 0.6) is 0 Å². The number of imidazole rings is 2. The minimum Gasteiger partial charge on any atom is -0.388 e. The minimum atomic E-state index is -4.92. The number of fused-ring (bicyclic) bond motifs is 2. The maximum Gasteiger partial charge on any atom is 0.472 e. The third kappa shape index (κ3) is 4.39. The van der Waals surface area contributed by atoms with Crippen molar-refractivity contribution in [1.29, 1.82) is 0 Å². The van der Waals surface area contributed by atoms with Crippen LogP contribution in [0, 0.1) is 18.3 Å². The molecule has 250 valence electrons. The van der Waals surface area contributed by atoms with Gasteiger partial charge in [0.2, 0.25) is 0 Å². The average Bonchev–Trinajstić information content (AvgIpc) is 3.43. The Balaban J connectivity index is 1.05. The fourth-order valence-corrected chi connectivity index (χ4v) is 10.2. The largest absolute Gasteiger partial charge is 0.472 e. The van der Waals surface area contributed by atoms with Gasteiger partial charge in [-0.25, -0.2) is 34.0 Å². The molecule has 0 radical (unpaired) electrons. The van der Waals surface area contributed by atoms with Crippen LogP contribution in [0.1, 0.15) is 24.5 Å². The highest BCUT2D eigenvalue weighted by Crippen LogP contribution is 2.73. The number of nitrogens with two attached hydrogens (primary N) is 1. The summed E-state index contributed by atoms with van der Waals surface area (Å²) in [4.78, 5) is 47.1. The van der Waals surface area contributed by atoms with Gasteiger partial charge in [0.1, 0.15) is 47.7 Å². The summed E-state index contributed by atoms with van der Waals surface area (Å²) in [5.74, 6) is 0.0512. The van der Waals surface area contributed by atoms with E-state index in [1.807, 2.05) is 0 Å². The molecule has 5 fully saturated rings. The molecule has 0 amide bonds. The van der Waals surface area contributed by atoms with Gasteiger partial charge in [-0.1, -0.05) is 12.2 Å². The van der Waals surface area contributed by atoms with E-state index in [0.717, 1.165) is 0 Å². The van der Waals surface area contributed by atoms with Crippen molar-refractivity contribution in [2.75, 3.05) is 25.6 Å². The molecule has 0 aromatic carbocycles. The molecule has 11 atom stereocenters. The standard InChI is InChI=1S/C24H27N9O11P2S/c1-9-30-20-12(21(35)31-9)29-7-32(20)13-10-2-23(10)3-41-46(38,47)44-17-15-22(33-8-28-11-18(25)26-6-27-19(11)33)42-24(17,4-39-15)5-40-45(36,37)43-16(23)14(13)34/h6-8,10,13-17,22,34H,2-5H2,1H3,(H,36,37)(H,38,47)(H2,25,26,27)(H,30,31,35)/t10-,13-,14+,15-,16+,17+,22-,23?,24-,46?/m1/s1. The molecule has 9 rings (SSSR count). The predicted octanol–water partition coefficient (Wildman–Crippen LogP) is 0.394. The summed E-state index contributed by atoms with van der Waals surface area (Å²) < 4.78 is 65.9. The quantitative estimate of drug-likeness (QED) is 0.139. The topological polar surface area (TPSA) is 263 Å². The number of aryl methyl sites for hydroxylation is 1. The summed E-state index contributed by atoms with van der Waals surface area (Å²) in [6, 6.07) is -0.790. The molecule has 23 heteroatoms. The second-order valence-corrected chi connectivity index (χ2v) is 16.8. The van der Waals surface area contributed by atoms with Crippen molar-refractivity contribution in [2.24, 2.45) is 11.3 Å². The number of aromatic nitrogens is 8. The first kappa shape index (κ1) is 30.3. The van der Waals surface area contributed by atoms with Crippen LogP contribution < -0.4 is 11.3 Å². The first-order chi connectivity index (χ1) is 22.3. The molecule has 20 nitrogen and oxygen atoms in total. The Bertz CT molecular complexity index is 2130. The second kappa shape index (κ2) is 9.88. The highest BCUT2D eigenvalue weighted by atomic mass is 32.7. The van der Waals surface area contributed by atoms with Gasteiger partial charge in [-0.3, -0.25) is 22.9 Å². The zero-order chi connectivity index (χ0) is 32.7. The number of thiol groups is 1. The van der Waals surface area contributed by atoms with Crippen molar-refractivity contribution < 1.29 is 46.7 Å². The number of anilines is 1. The molecule has 5 aliphatic rings. The number of nitrogens with one attached hydrogen (secondary N) is 1. The molecule has 5 N–H and O–H groups in total. The average molecular weight is 712 g/mol. The molecule has 1 spiro atoms. The van der Waals surface area contributed by atoms with E-state index in [0.29, 0.717) is 23.4 Å². The van der Waals surface area contributed by atoms with Gasteiger partial charge >= 0.3 is 14.6 Å². The van der Waals surface area contributed by atoms with Crippen LogP contribution >= 0.6 is 26.9 Å². The van der Waals surface area contributed by atoms with Gasteiger partial charge in [-0.05, 0) is 19.3 Å². The molecule has 2 bridgehead atoms. The maximum absolute atomic E-state index is 13.8. The number of phosphoric ester groups is 1. The Morgan fingerprint density at radius 1 is 1.04 bits per heavy atom. The third-order valence-corrected chi connectivity index (χ3v) is 12.3. The number of hydrogen-bond acceptors (Lipinski definition) is 16. The van der Waals surface area contributed by atoms with Gasteiger partial charge in [-0.2, -0.15) is 0 Å². The first-order valence-electron chi connectivity index (χ1n) is 14.5. The van der Waals surface area contributed by atoms with E-state index in [9.17, 15) is 23.9 Å². The van der Waals surface area contributed by atoms with Gasteiger partial charge in [0.15, 0.2) is 28.9 Å². The van der Waals surface area contributed by atoms with E-state index in [1.54, 1.807) is 11.5 Å². The number of aliphatic hydroxyl groups is 1. The lowest BCUT2D eigenvalue weighted by Crippen LogP contribution is -2.46. The van der Waals surface area contributed by atoms with Crippen molar-refractivity contribution in [3.63, 3.8) is 0 Å². The van der Waals surface area contributed by atoms with E-state index < -0.39 is 80.4 Å². The molecule has 3 aliphatic heterocycles. The lowest BCUT2D eigenvalue weighted by molar-refractivity contribution is -0.184. The summed E-state index contributed by atoms with van der Waals surface area (Å²) in [6.45, 7) is -3.68. The van der Waals surface area contributed by atoms with E-state index in [-0.39, 0.29) is 30.2 Å². The zero-order valence-electron chi connectivity index (χ0n) is 24.2. The fourth-order valence-electron chi connectivity index (χ4n) is 7.60. The Labute approximate surface area is 268 Å². The van der Waals surface area contributed by atoms with E-state index in [1.165, 1.54) is 23.5 Å². The summed E-state index contributed by atoms with van der Waals surface area (Å²) >= 11 is 4.27. The van der Waals surface area contributed by atoms with Crippen LogP contribution in [0.3, 0.4) is 0 Å². The summed E-state index contributed by atoms with van der Waals surface area (Å²) in [6.07, 6.45) is -1.40. The van der Waals surface area contributed by atoms with Gasteiger partial charge in [0.05, 0.1) is 38.5 Å². The zero-order valence-corrected chi connectivity index (χ0v) is 26.9. The highest BCUT2D eigenvalue weighted by molar-refractivity contribution is 8.44. The van der Waals surface area contributed by atoms with E-state index in [2.05, 4.69) is 42.2 Å². The SMILES string of the molecule is Cc1nc2c(ncn2[C@H]2[C@H](O)[C@@H]3OP(=O)(O)OC[C@@]45CO[C@@H]([C@H](n6cnc7c(N)ncnc76)O4)[C@@H]5OP(=O)(S)OCC34C[C@H]24)c(=O)[nH]1. The Morgan fingerprint density at radius 3 is 2.66 bits per heavy atom. The van der Waals surface area contributed by atoms with E-state index in [4.69, 9.17) is 33.3 Å². The van der Waals surface area contributed by atoms with Crippen LogP contribution in [-0.2, 0) is 36.7 Å². The number of aliphatic hydroxyl groups excluding tert-OH is 1. The molecule has 3 unspecified atom stereocenters. The lowest BCUT2D eigenvalue weighted by Gasteiger charge is -2.34. The molecule has 2 aliphatic carbocycles. The van der Waals surface area contributed by atoms with Crippen molar-refractivity contribution in [2.45, 2.75) is 55.6 Å². The molecule has 2 saturated carbocycles. The van der Waals surface area contributed by atoms with Gasteiger partial charge < -0.3 is 39.3 Å².